The number of aliphatic hydroxyl groups is 2. The fourth-order valence-corrected chi connectivity index (χ4v) is 10.0. The van der Waals surface area contributed by atoms with Crippen molar-refractivity contribution in [3.05, 3.63) is 77.9 Å². The van der Waals surface area contributed by atoms with E-state index in [9.17, 15) is 19.8 Å². The van der Waals surface area contributed by atoms with E-state index in [0.717, 1.165) is 15.9 Å². The summed E-state index contributed by atoms with van der Waals surface area (Å²) in [7, 11) is 0. The van der Waals surface area contributed by atoms with Gasteiger partial charge in [-0.1, -0.05) is 50.4 Å². The van der Waals surface area contributed by atoms with E-state index in [0.29, 0.717) is 11.3 Å². The number of hydrogen-bond acceptors (Lipinski definition) is 8. The molecule has 1 aliphatic heterocycles. The van der Waals surface area contributed by atoms with Gasteiger partial charge in [0.1, 0.15) is 12.8 Å². The Kier molecular flexibility index (Phi) is 7.72. The van der Waals surface area contributed by atoms with Gasteiger partial charge in [-0.15, -0.1) is 0 Å². The van der Waals surface area contributed by atoms with Crippen LogP contribution in [0.25, 0.3) is 0 Å². The molecule has 7 nitrogen and oxygen atoms in total. The lowest BCUT2D eigenvalue weighted by Crippen LogP contribution is -2.70. The molecular formula is C35H39F2NO6S. The van der Waals surface area contributed by atoms with Gasteiger partial charge in [-0.25, -0.2) is 8.78 Å². The lowest BCUT2D eigenvalue weighted by molar-refractivity contribution is -0.235. The topological polar surface area (TPSA) is 119 Å². The van der Waals surface area contributed by atoms with Crippen molar-refractivity contribution in [2.45, 2.75) is 86.3 Å². The molecule has 0 amide bonds. The van der Waals surface area contributed by atoms with Crippen LogP contribution in [-0.4, -0.2) is 58.0 Å². The summed E-state index contributed by atoms with van der Waals surface area (Å²) in [5.74, 6) is -2.61. The van der Waals surface area contributed by atoms with E-state index in [1.165, 1.54) is 30.8 Å². The summed E-state index contributed by atoms with van der Waals surface area (Å²) < 4.78 is 46.3. The zero-order valence-electron chi connectivity index (χ0n) is 24.4. The molecule has 4 N–H and O–H groups in total. The molecule has 4 aliphatic carbocycles. The van der Waals surface area contributed by atoms with Crippen molar-refractivity contribution in [3.63, 3.8) is 0 Å². The number of carbonyl (C=O) groups is 2. The number of rotatable bonds is 5. The Morgan fingerprint density at radius 1 is 1.11 bits per heavy atom. The number of allylic oxidation sites excluding steroid dienone is 4. The summed E-state index contributed by atoms with van der Waals surface area (Å²) in [6.07, 6.45) is -1.43. The molecule has 0 unspecified atom stereocenters. The summed E-state index contributed by atoms with van der Waals surface area (Å²) in [6, 6.07) is 15.1. The third-order valence-corrected chi connectivity index (χ3v) is 12.2. The summed E-state index contributed by atoms with van der Waals surface area (Å²) >= 11 is 1.54. The first kappa shape index (κ1) is 32.1. The van der Waals surface area contributed by atoms with Gasteiger partial charge in [0.25, 0.3) is 0 Å². The van der Waals surface area contributed by atoms with Crippen molar-refractivity contribution in [2.75, 3.05) is 12.3 Å². The molecule has 45 heavy (non-hydrogen) atoms. The number of halogens is 2. The highest BCUT2D eigenvalue weighted by atomic mass is 32.2. The van der Waals surface area contributed by atoms with Gasteiger partial charge in [0.05, 0.1) is 12.2 Å². The van der Waals surface area contributed by atoms with E-state index in [-0.39, 0.29) is 32.3 Å². The van der Waals surface area contributed by atoms with Crippen LogP contribution in [0.3, 0.4) is 0 Å². The smallest absolute Gasteiger partial charge is 0.193 e. The van der Waals surface area contributed by atoms with E-state index in [2.05, 4.69) is 0 Å². The van der Waals surface area contributed by atoms with Gasteiger partial charge in [-0.05, 0) is 80.2 Å². The number of ether oxygens (including phenoxy) is 2. The molecule has 0 radical (unpaired) electrons. The van der Waals surface area contributed by atoms with Crippen molar-refractivity contribution in [1.29, 1.82) is 0 Å². The lowest BCUT2D eigenvalue weighted by Gasteiger charge is -2.63. The fourth-order valence-electron chi connectivity index (χ4n) is 9.12. The molecule has 4 fully saturated rings. The average molecular weight is 640 g/mol. The zero-order valence-corrected chi connectivity index (χ0v) is 25.2. The standard InChI is InChI=1S/C34H35F2NO6S.CH4/c1-31-11-10-20(39)13-25(31)26(35)14-24-23-15-29-34(28(41)17-38,32(23,2)16-27(40)33(24,31)36)43-30(42-29)18-6-8-21(9-7-18)44-22-5-3-4-19(37)12-22;/h3-13,23-24,26-27,29-30,38,40H,14-17,37H2,1-2H3;1H4/t23-,24-,26-,27-,29+,30-,31-,32-,33-,34+;/m0./s1. The number of Topliss-reactive ketones (excluding diaryl/α,β-unsaturated/α-hetero) is 1. The molecule has 1 saturated heterocycles. The van der Waals surface area contributed by atoms with Gasteiger partial charge in [0.2, 0.25) is 0 Å². The molecule has 2 aromatic rings. The maximum atomic E-state index is 17.5. The van der Waals surface area contributed by atoms with Crippen LogP contribution >= 0.6 is 11.8 Å². The Hall–Kier alpha value is -2.89. The van der Waals surface area contributed by atoms with Gasteiger partial charge in [-0.3, -0.25) is 9.59 Å². The van der Waals surface area contributed by atoms with Crippen LogP contribution in [0.4, 0.5) is 14.5 Å². The molecule has 7 rings (SSSR count). The second kappa shape index (κ2) is 10.8. The summed E-state index contributed by atoms with van der Waals surface area (Å²) in [5, 5.41) is 21.8. The third kappa shape index (κ3) is 4.29. The first-order valence-electron chi connectivity index (χ1n) is 14.9. The Labute approximate surface area is 265 Å². The summed E-state index contributed by atoms with van der Waals surface area (Å²) in [6.45, 7) is 2.48. The van der Waals surface area contributed by atoms with E-state index < -0.39 is 76.8 Å². The van der Waals surface area contributed by atoms with Crippen molar-refractivity contribution < 1.29 is 38.1 Å². The maximum absolute atomic E-state index is 17.5. The number of benzene rings is 2. The molecule has 3 saturated carbocycles. The Morgan fingerprint density at radius 2 is 1.84 bits per heavy atom. The molecule has 1 heterocycles. The van der Waals surface area contributed by atoms with Crippen LogP contribution in [0.2, 0.25) is 0 Å². The molecule has 240 valence electrons. The fraction of sp³-hybridized carbons (Fsp3) is 0.486. The number of anilines is 1. The van der Waals surface area contributed by atoms with Crippen LogP contribution in [0.1, 0.15) is 52.4 Å². The quantitative estimate of drug-likeness (QED) is 0.357. The molecule has 5 aliphatic rings. The van der Waals surface area contributed by atoms with Crippen LogP contribution in [0, 0.1) is 22.7 Å². The van der Waals surface area contributed by atoms with Crippen molar-refractivity contribution in [1.82, 2.24) is 0 Å². The predicted octanol–water partition coefficient (Wildman–Crippen LogP) is 5.70. The third-order valence-electron chi connectivity index (χ3n) is 11.2. The highest BCUT2D eigenvalue weighted by Gasteiger charge is 2.80. The first-order chi connectivity index (χ1) is 20.9. The molecule has 10 heteroatoms. The minimum atomic E-state index is -2.29. The van der Waals surface area contributed by atoms with Crippen LogP contribution < -0.4 is 5.73 Å². The molecule has 0 bridgehead atoms. The minimum Gasteiger partial charge on any atom is -0.399 e. The number of alkyl halides is 2. The Bertz CT molecular complexity index is 1600. The van der Waals surface area contributed by atoms with E-state index >= 15 is 8.78 Å². The average Bonchev–Trinajstić information content (AvgIpc) is 3.49. The normalized spacial score (nSPS) is 41.3. The highest BCUT2D eigenvalue weighted by molar-refractivity contribution is 7.99. The summed E-state index contributed by atoms with van der Waals surface area (Å²) in [4.78, 5) is 27.8. The van der Waals surface area contributed by atoms with E-state index in [4.69, 9.17) is 15.2 Å². The molecule has 0 spiro atoms. The Morgan fingerprint density at radius 3 is 2.53 bits per heavy atom. The zero-order chi connectivity index (χ0) is 31.2. The SMILES string of the molecule is C.C[C@]12C=CC(=O)C=C1[C@@H](F)C[C@H]1[C@@H]3C[C@H]4O[C@H](c5ccc(Sc6cccc(N)c6)cc5)O[C@@]4(C(=O)CO)[C@@]3(C)C[C@H](O)[C@@]12F. The van der Waals surface area contributed by atoms with E-state index in [1.54, 1.807) is 6.92 Å². The number of nitrogens with two attached hydrogens (primary N) is 1. The molecular weight excluding hydrogens is 600 g/mol. The highest BCUT2D eigenvalue weighted by Crippen LogP contribution is 2.72. The van der Waals surface area contributed by atoms with Crippen LogP contribution in [-0.2, 0) is 19.1 Å². The van der Waals surface area contributed by atoms with Crippen molar-refractivity contribution >= 4 is 29.0 Å². The number of ketones is 2. The van der Waals surface area contributed by atoms with Gasteiger partial charge in [0.15, 0.2) is 29.1 Å². The second-order valence-corrected chi connectivity index (χ2v) is 14.4. The second-order valence-electron chi connectivity index (χ2n) is 13.2. The number of nitrogen functional groups attached to an aromatic ring is 1. The summed E-state index contributed by atoms with van der Waals surface area (Å²) in [5.41, 5.74) is 0.611. The van der Waals surface area contributed by atoms with Gasteiger partial charge < -0.3 is 25.4 Å². The van der Waals surface area contributed by atoms with Gasteiger partial charge >= 0.3 is 0 Å². The molecule has 10 atom stereocenters. The maximum Gasteiger partial charge on any atom is 0.193 e. The van der Waals surface area contributed by atoms with Crippen LogP contribution in [0.5, 0.6) is 0 Å². The molecule has 2 aromatic carbocycles. The van der Waals surface area contributed by atoms with Gasteiger partial charge in [0, 0.05) is 37.8 Å². The number of aliphatic hydroxyl groups excluding tert-OH is 2. The predicted molar refractivity (Wildman–Crippen MR) is 166 cm³/mol. The number of hydrogen-bond donors (Lipinski definition) is 3. The van der Waals surface area contributed by atoms with E-state index in [1.807, 2.05) is 48.5 Å². The van der Waals surface area contributed by atoms with Crippen molar-refractivity contribution in [3.8, 4) is 0 Å². The first-order valence-corrected chi connectivity index (χ1v) is 15.8. The largest absolute Gasteiger partial charge is 0.399 e. The lowest BCUT2D eigenvalue weighted by atomic mass is 9.44. The number of carbonyl (C=O) groups excluding carboxylic acids is 2. The molecule has 0 aromatic heterocycles. The van der Waals surface area contributed by atoms with Gasteiger partial charge in [-0.2, -0.15) is 0 Å². The van der Waals surface area contributed by atoms with Crippen molar-refractivity contribution in [2.24, 2.45) is 22.7 Å². The number of fused-ring (bicyclic) bond motifs is 7. The minimum absolute atomic E-state index is 0. The Balaban J connectivity index is 0.00000357. The van der Waals surface area contributed by atoms with Crippen LogP contribution in [0.15, 0.2) is 82.1 Å². The monoisotopic (exact) mass is 639 g/mol.